The standard InChI is InChI=1S/C22H29FN4O3/c1-24-22(26-15-17-5-7-20(28-2)21(13-17)29-3)25-14-16-4-6-19(18(23)12-16)27-8-10-30-11-9-27/h4-7,12-13H,8-11,14-15H2,1-3H3,(H2,24,25,26). The van der Waals surface area contributed by atoms with E-state index in [9.17, 15) is 4.39 Å². The molecule has 8 heteroatoms. The molecular formula is C22H29FN4O3. The maximum absolute atomic E-state index is 14.6. The SMILES string of the molecule is CN=C(NCc1ccc(N2CCOCC2)c(F)c1)NCc1ccc(OC)c(OC)c1. The van der Waals surface area contributed by atoms with Crippen LogP contribution in [0.25, 0.3) is 0 Å². The molecule has 7 nitrogen and oxygen atoms in total. The van der Waals surface area contributed by atoms with Gasteiger partial charge in [-0.1, -0.05) is 12.1 Å². The average Bonchev–Trinajstić information content (AvgIpc) is 2.79. The Labute approximate surface area is 176 Å². The van der Waals surface area contributed by atoms with Gasteiger partial charge in [-0.25, -0.2) is 4.39 Å². The summed E-state index contributed by atoms with van der Waals surface area (Å²) in [6.45, 7) is 3.70. The molecule has 0 bridgehead atoms. The number of aliphatic imine (C=N–C) groups is 1. The van der Waals surface area contributed by atoms with Crippen LogP contribution in [0.15, 0.2) is 41.4 Å². The molecular weight excluding hydrogens is 387 g/mol. The first-order chi connectivity index (χ1) is 14.6. The van der Waals surface area contributed by atoms with E-state index < -0.39 is 0 Å². The Hall–Kier alpha value is -3.00. The number of halogens is 1. The van der Waals surface area contributed by atoms with Crippen LogP contribution in [0.5, 0.6) is 11.5 Å². The van der Waals surface area contributed by atoms with Gasteiger partial charge < -0.3 is 29.7 Å². The highest BCUT2D eigenvalue weighted by Gasteiger charge is 2.15. The zero-order valence-corrected chi connectivity index (χ0v) is 17.7. The average molecular weight is 416 g/mol. The first kappa shape index (κ1) is 21.7. The molecule has 1 aliphatic heterocycles. The summed E-state index contributed by atoms with van der Waals surface area (Å²) in [7, 11) is 4.92. The maximum Gasteiger partial charge on any atom is 0.191 e. The van der Waals surface area contributed by atoms with Crippen molar-refractivity contribution in [3.05, 3.63) is 53.3 Å². The van der Waals surface area contributed by atoms with Gasteiger partial charge in [-0.2, -0.15) is 0 Å². The molecule has 2 aromatic carbocycles. The Morgan fingerprint density at radius 2 is 1.63 bits per heavy atom. The number of anilines is 1. The number of nitrogens with zero attached hydrogens (tertiary/aromatic N) is 2. The van der Waals surface area contributed by atoms with Crippen molar-refractivity contribution < 1.29 is 18.6 Å². The van der Waals surface area contributed by atoms with Crippen LogP contribution in [-0.4, -0.2) is 53.5 Å². The van der Waals surface area contributed by atoms with Gasteiger partial charge in [0.05, 0.1) is 33.1 Å². The van der Waals surface area contributed by atoms with Crippen molar-refractivity contribution in [1.82, 2.24) is 10.6 Å². The number of methoxy groups -OCH3 is 2. The molecule has 0 amide bonds. The largest absolute Gasteiger partial charge is 0.493 e. The van der Waals surface area contributed by atoms with E-state index in [-0.39, 0.29) is 5.82 Å². The monoisotopic (exact) mass is 416 g/mol. The molecule has 30 heavy (non-hydrogen) atoms. The van der Waals surface area contributed by atoms with Gasteiger partial charge in [0.1, 0.15) is 5.82 Å². The first-order valence-electron chi connectivity index (χ1n) is 9.91. The highest BCUT2D eigenvalue weighted by molar-refractivity contribution is 5.79. The molecule has 0 spiro atoms. The molecule has 2 aromatic rings. The molecule has 1 heterocycles. The normalized spacial score (nSPS) is 14.4. The quantitative estimate of drug-likeness (QED) is 0.534. The highest BCUT2D eigenvalue weighted by atomic mass is 19.1. The van der Waals surface area contributed by atoms with E-state index in [1.165, 1.54) is 0 Å². The van der Waals surface area contributed by atoms with E-state index in [4.69, 9.17) is 14.2 Å². The third kappa shape index (κ3) is 5.54. The van der Waals surface area contributed by atoms with E-state index in [1.54, 1.807) is 27.3 Å². The molecule has 1 saturated heterocycles. The minimum Gasteiger partial charge on any atom is -0.493 e. The Kier molecular flexibility index (Phi) is 7.73. The Balaban J connectivity index is 1.54. The van der Waals surface area contributed by atoms with Crippen molar-refractivity contribution in [2.24, 2.45) is 4.99 Å². The lowest BCUT2D eigenvalue weighted by molar-refractivity contribution is 0.122. The minimum atomic E-state index is -0.218. The maximum atomic E-state index is 14.6. The van der Waals surface area contributed by atoms with Crippen molar-refractivity contribution in [1.29, 1.82) is 0 Å². The fourth-order valence-corrected chi connectivity index (χ4v) is 3.30. The molecule has 0 aliphatic carbocycles. The second kappa shape index (κ2) is 10.7. The van der Waals surface area contributed by atoms with Crippen LogP contribution in [0.3, 0.4) is 0 Å². The van der Waals surface area contributed by atoms with E-state index in [0.29, 0.717) is 62.5 Å². The summed E-state index contributed by atoms with van der Waals surface area (Å²) in [5.41, 5.74) is 2.49. The lowest BCUT2D eigenvalue weighted by Crippen LogP contribution is -2.37. The summed E-state index contributed by atoms with van der Waals surface area (Å²) in [5, 5.41) is 6.47. The van der Waals surface area contributed by atoms with Crippen LogP contribution >= 0.6 is 0 Å². The van der Waals surface area contributed by atoms with Gasteiger partial charge in [0.25, 0.3) is 0 Å². The number of ether oxygens (including phenoxy) is 3. The summed E-state index contributed by atoms with van der Waals surface area (Å²) in [5.74, 6) is 1.77. The van der Waals surface area contributed by atoms with Crippen LogP contribution in [-0.2, 0) is 17.8 Å². The topological polar surface area (TPSA) is 67.4 Å². The number of rotatable bonds is 7. The first-order valence-corrected chi connectivity index (χ1v) is 9.91. The predicted octanol–water partition coefficient (Wildman–Crippen LogP) is 2.54. The molecule has 1 fully saturated rings. The summed E-state index contributed by atoms with van der Waals surface area (Å²) >= 11 is 0. The van der Waals surface area contributed by atoms with Gasteiger partial charge in [-0.15, -0.1) is 0 Å². The van der Waals surface area contributed by atoms with Gasteiger partial charge in [0.2, 0.25) is 0 Å². The van der Waals surface area contributed by atoms with Crippen LogP contribution < -0.4 is 25.0 Å². The summed E-state index contributed by atoms with van der Waals surface area (Å²) in [6.07, 6.45) is 0. The molecule has 0 saturated carbocycles. The molecule has 162 valence electrons. The zero-order valence-electron chi connectivity index (χ0n) is 17.7. The van der Waals surface area contributed by atoms with Gasteiger partial charge in [0, 0.05) is 33.2 Å². The van der Waals surface area contributed by atoms with Crippen molar-refractivity contribution in [2.75, 3.05) is 52.5 Å². The summed E-state index contributed by atoms with van der Waals surface area (Å²) in [4.78, 5) is 6.24. The van der Waals surface area contributed by atoms with E-state index in [1.807, 2.05) is 35.2 Å². The number of nitrogens with one attached hydrogen (secondary N) is 2. The number of guanidine groups is 1. The number of hydrogen-bond acceptors (Lipinski definition) is 5. The smallest absolute Gasteiger partial charge is 0.191 e. The molecule has 0 atom stereocenters. The van der Waals surface area contributed by atoms with Crippen molar-refractivity contribution in [2.45, 2.75) is 13.1 Å². The van der Waals surface area contributed by atoms with Crippen LogP contribution in [0.1, 0.15) is 11.1 Å². The van der Waals surface area contributed by atoms with Crippen molar-refractivity contribution >= 4 is 11.6 Å². The molecule has 1 aliphatic rings. The van der Waals surface area contributed by atoms with Crippen LogP contribution in [0, 0.1) is 5.82 Å². The van der Waals surface area contributed by atoms with Gasteiger partial charge in [-0.05, 0) is 35.4 Å². The fourth-order valence-electron chi connectivity index (χ4n) is 3.30. The zero-order chi connectivity index (χ0) is 21.3. The molecule has 0 radical (unpaired) electrons. The summed E-state index contributed by atoms with van der Waals surface area (Å²) in [6, 6.07) is 11.1. The second-order valence-corrected chi connectivity index (χ2v) is 6.85. The van der Waals surface area contributed by atoms with Crippen molar-refractivity contribution in [3.8, 4) is 11.5 Å². The van der Waals surface area contributed by atoms with Crippen molar-refractivity contribution in [3.63, 3.8) is 0 Å². The van der Waals surface area contributed by atoms with Crippen LogP contribution in [0.4, 0.5) is 10.1 Å². The molecule has 2 N–H and O–H groups in total. The van der Waals surface area contributed by atoms with Gasteiger partial charge in [0.15, 0.2) is 17.5 Å². The Bertz CT molecular complexity index is 869. The molecule has 3 rings (SSSR count). The highest BCUT2D eigenvalue weighted by Crippen LogP contribution is 2.27. The predicted molar refractivity (Wildman–Crippen MR) is 116 cm³/mol. The van der Waals surface area contributed by atoms with Gasteiger partial charge >= 0.3 is 0 Å². The van der Waals surface area contributed by atoms with E-state index >= 15 is 0 Å². The lowest BCUT2D eigenvalue weighted by Gasteiger charge is -2.29. The molecule has 0 unspecified atom stereocenters. The third-order valence-electron chi connectivity index (χ3n) is 4.96. The fraction of sp³-hybridized carbons (Fsp3) is 0.409. The van der Waals surface area contributed by atoms with E-state index in [2.05, 4.69) is 15.6 Å². The third-order valence-corrected chi connectivity index (χ3v) is 4.96. The number of hydrogen-bond donors (Lipinski definition) is 2. The molecule has 0 aromatic heterocycles. The van der Waals surface area contributed by atoms with Crippen LogP contribution in [0.2, 0.25) is 0 Å². The minimum absolute atomic E-state index is 0.218. The lowest BCUT2D eigenvalue weighted by atomic mass is 10.1. The Morgan fingerprint density at radius 1 is 1.00 bits per heavy atom. The second-order valence-electron chi connectivity index (χ2n) is 6.85. The van der Waals surface area contributed by atoms with E-state index in [0.717, 1.165) is 11.1 Å². The summed E-state index contributed by atoms with van der Waals surface area (Å²) < 4.78 is 30.5. The number of benzene rings is 2. The Morgan fingerprint density at radius 3 is 2.23 bits per heavy atom. The van der Waals surface area contributed by atoms with Gasteiger partial charge in [-0.3, -0.25) is 4.99 Å². The number of morpholine rings is 1.